The SMILES string of the molecule is CCNC(=NCC(=O)N1CCC(Cc2ccccc2)CC1)NCc1ncc(C(C)(C)C)o1. The molecule has 1 aliphatic rings. The van der Waals surface area contributed by atoms with Gasteiger partial charge in [0.2, 0.25) is 11.8 Å². The predicted molar refractivity (Wildman–Crippen MR) is 127 cm³/mol. The van der Waals surface area contributed by atoms with Gasteiger partial charge in [-0.1, -0.05) is 51.1 Å². The number of carbonyl (C=O) groups excluding carboxylic acids is 1. The van der Waals surface area contributed by atoms with Gasteiger partial charge in [0, 0.05) is 25.0 Å². The van der Waals surface area contributed by atoms with Crippen molar-refractivity contribution in [3.05, 3.63) is 53.7 Å². The first kappa shape index (κ1) is 23.8. The van der Waals surface area contributed by atoms with Gasteiger partial charge in [0.05, 0.1) is 12.7 Å². The molecule has 2 aromatic rings. The van der Waals surface area contributed by atoms with Crippen LogP contribution in [0, 0.1) is 5.92 Å². The summed E-state index contributed by atoms with van der Waals surface area (Å²) in [6.45, 7) is 11.1. The highest BCUT2D eigenvalue weighted by Gasteiger charge is 2.23. The maximum absolute atomic E-state index is 12.7. The van der Waals surface area contributed by atoms with Gasteiger partial charge >= 0.3 is 0 Å². The van der Waals surface area contributed by atoms with Gasteiger partial charge in [-0.3, -0.25) is 4.79 Å². The van der Waals surface area contributed by atoms with Crippen molar-refractivity contribution in [3.63, 3.8) is 0 Å². The van der Waals surface area contributed by atoms with Gasteiger partial charge in [-0.2, -0.15) is 0 Å². The first-order chi connectivity index (χ1) is 15.3. The number of likely N-dealkylation sites (tertiary alicyclic amines) is 1. The molecule has 7 heteroatoms. The molecule has 0 radical (unpaired) electrons. The van der Waals surface area contributed by atoms with E-state index in [1.165, 1.54) is 5.56 Å². The minimum Gasteiger partial charge on any atom is -0.443 e. The number of aliphatic imine (C=N–C) groups is 1. The lowest BCUT2D eigenvalue weighted by Gasteiger charge is -2.31. The van der Waals surface area contributed by atoms with Crippen molar-refractivity contribution in [3.8, 4) is 0 Å². The van der Waals surface area contributed by atoms with Gasteiger partial charge < -0.3 is 20.0 Å². The number of nitrogens with one attached hydrogen (secondary N) is 2. The van der Waals surface area contributed by atoms with E-state index in [2.05, 4.69) is 71.7 Å². The third kappa shape index (κ3) is 7.11. The first-order valence-electron chi connectivity index (χ1n) is 11.6. The van der Waals surface area contributed by atoms with Gasteiger partial charge in [-0.05, 0) is 37.7 Å². The summed E-state index contributed by atoms with van der Waals surface area (Å²) in [5.41, 5.74) is 1.30. The van der Waals surface area contributed by atoms with E-state index in [0.29, 0.717) is 30.9 Å². The Morgan fingerprint density at radius 3 is 2.53 bits per heavy atom. The molecule has 1 aromatic carbocycles. The van der Waals surface area contributed by atoms with Crippen LogP contribution >= 0.6 is 0 Å². The quantitative estimate of drug-likeness (QED) is 0.510. The number of carbonyl (C=O) groups is 1. The molecule has 1 fully saturated rings. The number of aromatic nitrogens is 1. The summed E-state index contributed by atoms with van der Waals surface area (Å²) in [5, 5.41) is 6.39. The lowest BCUT2D eigenvalue weighted by molar-refractivity contribution is -0.130. The van der Waals surface area contributed by atoms with Crippen LogP contribution in [-0.2, 0) is 23.2 Å². The zero-order valence-corrected chi connectivity index (χ0v) is 19.9. The van der Waals surface area contributed by atoms with Gasteiger partial charge in [-0.15, -0.1) is 0 Å². The standard InChI is InChI=1S/C25H37N5O2/c1-5-26-24(28-17-22-27-16-21(32-22)25(2,3)4)29-18-23(31)30-13-11-20(12-14-30)15-19-9-7-6-8-10-19/h6-10,16,20H,5,11-15,17-18H2,1-4H3,(H2,26,28,29). The van der Waals surface area contributed by atoms with E-state index < -0.39 is 0 Å². The Morgan fingerprint density at radius 2 is 1.91 bits per heavy atom. The number of oxazole rings is 1. The number of hydrogen-bond acceptors (Lipinski definition) is 4. The Balaban J connectivity index is 1.46. The Kier molecular flexibility index (Phi) is 8.31. The molecule has 0 unspecified atom stereocenters. The fourth-order valence-corrected chi connectivity index (χ4v) is 3.82. The van der Waals surface area contributed by atoms with Crippen LogP contribution in [0.1, 0.15) is 57.8 Å². The van der Waals surface area contributed by atoms with E-state index in [4.69, 9.17) is 4.42 Å². The van der Waals surface area contributed by atoms with Crippen LogP contribution in [0.2, 0.25) is 0 Å². The van der Waals surface area contributed by atoms with Crippen LogP contribution in [0.25, 0.3) is 0 Å². The molecule has 1 amide bonds. The summed E-state index contributed by atoms with van der Waals surface area (Å²) in [7, 11) is 0. The van der Waals surface area contributed by atoms with Crippen LogP contribution in [0.3, 0.4) is 0 Å². The van der Waals surface area contributed by atoms with Gasteiger partial charge in [0.1, 0.15) is 12.3 Å². The molecule has 0 atom stereocenters. The van der Waals surface area contributed by atoms with Crippen LogP contribution in [0.5, 0.6) is 0 Å². The van der Waals surface area contributed by atoms with Crippen molar-refractivity contribution in [1.29, 1.82) is 0 Å². The monoisotopic (exact) mass is 439 g/mol. The molecular formula is C25H37N5O2. The maximum Gasteiger partial charge on any atom is 0.244 e. The molecule has 1 aromatic heterocycles. The third-order valence-corrected chi connectivity index (χ3v) is 5.75. The molecular weight excluding hydrogens is 402 g/mol. The number of amides is 1. The normalized spacial score (nSPS) is 15.6. The molecule has 32 heavy (non-hydrogen) atoms. The summed E-state index contributed by atoms with van der Waals surface area (Å²) < 4.78 is 5.82. The average Bonchev–Trinajstić information content (AvgIpc) is 3.26. The van der Waals surface area contributed by atoms with E-state index in [9.17, 15) is 4.79 Å². The summed E-state index contributed by atoms with van der Waals surface area (Å²) >= 11 is 0. The van der Waals surface area contributed by atoms with E-state index in [-0.39, 0.29) is 17.9 Å². The minimum absolute atomic E-state index is 0.0755. The zero-order chi connectivity index (χ0) is 23.0. The zero-order valence-electron chi connectivity index (χ0n) is 19.9. The Labute approximate surface area is 191 Å². The number of guanidine groups is 1. The second kappa shape index (κ2) is 11.2. The Bertz CT molecular complexity index is 877. The molecule has 0 aliphatic carbocycles. The molecule has 1 saturated heterocycles. The fraction of sp³-hybridized carbons (Fsp3) is 0.560. The van der Waals surface area contributed by atoms with E-state index in [1.54, 1.807) is 6.20 Å². The predicted octanol–water partition coefficient (Wildman–Crippen LogP) is 3.51. The third-order valence-electron chi connectivity index (χ3n) is 5.75. The van der Waals surface area contributed by atoms with Crippen molar-refractivity contribution in [1.82, 2.24) is 20.5 Å². The second-order valence-electron chi connectivity index (χ2n) is 9.43. The molecule has 0 spiro atoms. The van der Waals surface area contributed by atoms with Crippen LogP contribution in [0.4, 0.5) is 0 Å². The Morgan fingerprint density at radius 1 is 1.19 bits per heavy atom. The van der Waals surface area contributed by atoms with Crippen molar-refractivity contribution in [2.75, 3.05) is 26.2 Å². The van der Waals surface area contributed by atoms with Crippen LogP contribution < -0.4 is 10.6 Å². The molecule has 2 N–H and O–H groups in total. The van der Waals surface area contributed by atoms with Crippen molar-refractivity contribution >= 4 is 11.9 Å². The lowest BCUT2D eigenvalue weighted by Crippen LogP contribution is -2.41. The molecule has 1 aliphatic heterocycles. The van der Waals surface area contributed by atoms with Crippen LogP contribution in [-0.4, -0.2) is 47.9 Å². The Hall–Kier alpha value is -2.83. The van der Waals surface area contributed by atoms with Gasteiger partial charge in [0.15, 0.2) is 5.96 Å². The van der Waals surface area contributed by atoms with Crippen molar-refractivity contribution in [2.45, 2.75) is 58.9 Å². The number of piperidine rings is 1. The molecule has 0 saturated carbocycles. The summed E-state index contributed by atoms with van der Waals surface area (Å²) in [4.78, 5) is 23.4. The lowest BCUT2D eigenvalue weighted by atomic mass is 9.90. The second-order valence-corrected chi connectivity index (χ2v) is 9.43. The number of nitrogens with zero attached hydrogens (tertiary/aromatic N) is 3. The first-order valence-corrected chi connectivity index (χ1v) is 11.6. The largest absolute Gasteiger partial charge is 0.443 e. The average molecular weight is 440 g/mol. The fourth-order valence-electron chi connectivity index (χ4n) is 3.82. The van der Waals surface area contributed by atoms with Gasteiger partial charge in [0.25, 0.3) is 0 Å². The van der Waals surface area contributed by atoms with Crippen LogP contribution in [0.15, 0.2) is 45.9 Å². The maximum atomic E-state index is 12.7. The molecule has 174 valence electrons. The molecule has 3 rings (SSSR count). The molecule has 0 bridgehead atoms. The number of rotatable bonds is 7. The van der Waals surface area contributed by atoms with E-state index in [1.807, 2.05) is 11.8 Å². The topological polar surface area (TPSA) is 82.8 Å². The number of hydrogen-bond donors (Lipinski definition) is 2. The van der Waals surface area contributed by atoms with Gasteiger partial charge in [-0.25, -0.2) is 9.98 Å². The minimum atomic E-state index is -0.0786. The highest BCUT2D eigenvalue weighted by atomic mass is 16.4. The highest BCUT2D eigenvalue weighted by molar-refractivity contribution is 5.84. The summed E-state index contributed by atoms with van der Waals surface area (Å²) in [6, 6.07) is 10.6. The van der Waals surface area contributed by atoms with E-state index in [0.717, 1.165) is 38.1 Å². The smallest absolute Gasteiger partial charge is 0.244 e. The summed E-state index contributed by atoms with van der Waals surface area (Å²) in [5.74, 6) is 2.76. The van der Waals surface area contributed by atoms with Crippen molar-refractivity contribution in [2.24, 2.45) is 10.9 Å². The molecule has 2 heterocycles. The highest BCUT2D eigenvalue weighted by Crippen LogP contribution is 2.23. The number of benzene rings is 1. The van der Waals surface area contributed by atoms with E-state index >= 15 is 0 Å². The molecule has 7 nitrogen and oxygen atoms in total. The summed E-state index contributed by atoms with van der Waals surface area (Å²) in [6.07, 6.45) is 4.95. The van der Waals surface area contributed by atoms with Crippen molar-refractivity contribution < 1.29 is 9.21 Å².